The van der Waals surface area contributed by atoms with Crippen LogP contribution in [0.5, 0.6) is 0 Å². The summed E-state index contributed by atoms with van der Waals surface area (Å²) in [7, 11) is 2.10. The van der Waals surface area contributed by atoms with E-state index in [0.717, 1.165) is 32.2 Å². The van der Waals surface area contributed by atoms with E-state index in [4.69, 9.17) is 0 Å². The predicted molar refractivity (Wildman–Crippen MR) is 50.1 cm³/mol. The molecule has 1 aliphatic rings. The molecule has 0 radical (unpaired) electrons. The molecular weight excluding hydrogens is 150 g/mol. The first-order valence-corrected chi connectivity index (χ1v) is 4.57. The van der Waals surface area contributed by atoms with Gasteiger partial charge in [0.1, 0.15) is 5.78 Å². The van der Waals surface area contributed by atoms with E-state index in [0.29, 0.717) is 11.8 Å². The van der Waals surface area contributed by atoms with Crippen molar-refractivity contribution in [1.29, 1.82) is 0 Å². The molecule has 0 aliphatic heterocycles. The van der Waals surface area contributed by atoms with Crippen molar-refractivity contribution < 1.29 is 4.79 Å². The number of rotatable bonds is 3. The van der Waals surface area contributed by atoms with Crippen LogP contribution in [0.15, 0.2) is 12.7 Å². The molecule has 0 unspecified atom stereocenters. The van der Waals surface area contributed by atoms with E-state index in [1.807, 2.05) is 6.08 Å². The first-order chi connectivity index (χ1) is 5.74. The van der Waals surface area contributed by atoms with Crippen LogP contribution < -0.4 is 0 Å². The van der Waals surface area contributed by atoms with Crippen LogP contribution in [0.3, 0.4) is 0 Å². The Balaban J connectivity index is 2.33. The number of carbonyl (C=O) groups is 1. The standard InChI is InChI=1S/C10H17NO/c1-3-8-11(2)9-4-6-10(12)7-5-9/h3,9H,1,4-8H2,2H3. The summed E-state index contributed by atoms with van der Waals surface area (Å²) in [6.07, 6.45) is 5.51. The fraction of sp³-hybridized carbons (Fsp3) is 0.700. The lowest BCUT2D eigenvalue weighted by molar-refractivity contribution is -0.121. The number of hydrogen-bond donors (Lipinski definition) is 0. The summed E-state index contributed by atoms with van der Waals surface area (Å²) in [6.45, 7) is 4.63. The van der Waals surface area contributed by atoms with E-state index >= 15 is 0 Å². The average Bonchev–Trinajstić information content (AvgIpc) is 2.06. The highest BCUT2D eigenvalue weighted by molar-refractivity contribution is 5.79. The van der Waals surface area contributed by atoms with Crippen molar-refractivity contribution in [3.63, 3.8) is 0 Å². The van der Waals surface area contributed by atoms with Crippen molar-refractivity contribution >= 4 is 5.78 Å². The van der Waals surface area contributed by atoms with E-state index in [2.05, 4.69) is 18.5 Å². The molecule has 0 bridgehead atoms. The molecule has 0 atom stereocenters. The van der Waals surface area contributed by atoms with Gasteiger partial charge in [-0.1, -0.05) is 6.08 Å². The molecule has 2 nitrogen and oxygen atoms in total. The minimum absolute atomic E-state index is 0.429. The van der Waals surface area contributed by atoms with E-state index in [9.17, 15) is 4.79 Å². The van der Waals surface area contributed by atoms with Gasteiger partial charge in [0, 0.05) is 25.4 Å². The van der Waals surface area contributed by atoms with E-state index in [-0.39, 0.29) is 0 Å². The first kappa shape index (κ1) is 9.46. The molecule has 0 amide bonds. The molecule has 1 aliphatic carbocycles. The maximum absolute atomic E-state index is 11.0. The molecule has 1 fully saturated rings. The van der Waals surface area contributed by atoms with Crippen LogP contribution >= 0.6 is 0 Å². The first-order valence-electron chi connectivity index (χ1n) is 4.57. The minimum Gasteiger partial charge on any atom is -0.300 e. The van der Waals surface area contributed by atoms with Gasteiger partial charge in [-0.25, -0.2) is 0 Å². The van der Waals surface area contributed by atoms with Gasteiger partial charge in [0.25, 0.3) is 0 Å². The van der Waals surface area contributed by atoms with Crippen LogP contribution in [0.25, 0.3) is 0 Å². The lowest BCUT2D eigenvalue weighted by atomic mass is 9.93. The number of likely N-dealkylation sites (N-methyl/N-ethyl adjacent to an activating group) is 1. The zero-order chi connectivity index (χ0) is 8.97. The molecule has 0 aromatic heterocycles. The molecule has 1 rings (SSSR count). The van der Waals surface area contributed by atoms with Crippen LogP contribution in [0.1, 0.15) is 25.7 Å². The number of ketones is 1. The number of nitrogens with zero attached hydrogens (tertiary/aromatic N) is 1. The third-order valence-corrected chi connectivity index (χ3v) is 2.55. The third-order valence-electron chi connectivity index (χ3n) is 2.55. The average molecular weight is 167 g/mol. The number of Topliss-reactive ketones (excluding diaryl/α,β-unsaturated/α-hetero) is 1. The SMILES string of the molecule is C=CCN(C)C1CCC(=O)CC1. The van der Waals surface area contributed by atoms with Gasteiger partial charge in [-0.2, -0.15) is 0 Å². The second kappa shape index (κ2) is 4.41. The Kier molecular flexibility index (Phi) is 3.48. The molecule has 0 N–H and O–H groups in total. The Bertz CT molecular complexity index is 167. The van der Waals surface area contributed by atoms with Crippen molar-refractivity contribution in [2.75, 3.05) is 13.6 Å². The molecule has 0 saturated heterocycles. The van der Waals surface area contributed by atoms with Gasteiger partial charge in [0.15, 0.2) is 0 Å². The second-order valence-corrected chi connectivity index (χ2v) is 3.50. The van der Waals surface area contributed by atoms with Gasteiger partial charge in [0.2, 0.25) is 0 Å². The number of hydrogen-bond acceptors (Lipinski definition) is 2. The Labute approximate surface area is 74.2 Å². The predicted octanol–water partition coefficient (Wildman–Crippen LogP) is 1.62. The highest BCUT2D eigenvalue weighted by atomic mass is 16.1. The molecule has 0 heterocycles. The Morgan fingerprint density at radius 3 is 2.67 bits per heavy atom. The topological polar surface area (TPSA) is 20.3 Å². The summed E-state index contributed by atoms with van der Waals surface area (Å²) in [5, 5.41) is 0. The summed E-state index contributed by atoms with van der Waals surface area (Å²) in [5.74, 6) is 0.429. The monoisotopic (exact) mass is 167 g/mol. The lowest BCUT2D eigenvalue weighted by Gasteiger charge is -2.29. The van der Waals surface area contributed by atoms with Gasteiger partial charge in [-0.15, -0.1) is 6.58 Å². The molecule has 0 aromatic rings. The lowest BCUT2D eigenvalue weighted by Crippen LogP contribution is -2.35. The summed E-state index contributed by atoms with van der Waals surface area (Å²) in [4.78, 5) is 13.2. The summed E-state index contributed by atoms with van der Waals surface area (Å²) >= 11 is 0. The Morgan fingerprint density at radius 2 is 2.17 bits per heavy atom. The van der Waals surface area contributed by atoms with E-state index in [1.54, 1.807) is 0 Å². The highest BCUT2D eigenvalue weighted by Gasteiger charge is 2.20. The Hall–Kier alpha value is -0.630. The third kappa shape index (κ3) is 2.45. The van der Waals surface area contributed by atoms with E-state index < -0.39 is 0 Å². The summed E-state index contributed by atoms with van der Waals surface area (Å²) in [6, 6.07) is 0.598. The molecule has 0 aromatic carbocycles. The molecule has 1 saturated carbocycles. The summed E-state index contributed by atoms with van der Waals surface area (Å²) < 4.78 is 0. The normalized spacial score (nSPS) is 20.0. The van der Waals surface area contributed by atoms with Crippen molar-refractivity contribution in [3.05, 3.63) is 12.7 Å². The fourth-order valence-corrected chi connectivity index (χ4v) is 1.72. The molecular formula is C10H17NO. The molecule has 12 heavy (non-hydrogen) atoms. The van der Waals surface area contributed by atoms with Crippen LogP contribution in [0, 0.1) is 0 Å². The van der Waals surface area contributed by atoms with Gasteiger partial charge >= 0.3 is 0 Å². The zero-order valence-corrected chi connectivity index (χ0v) is 7.75. The quantitative estimate of drug-likeness (QED) is 0.595. The maximum atomic E-state index is 11.0. The van der Waals surface area contributed by atoms with Crippen molar-refractivity contribution in [1.82, 2.24) is 4.90 Å². The fourth-order valence-electron chi connectivity index (χ4n) is 1.72. The van der Waals surface area contributed by atoms with Crippen molar-refractivity contribution in [2.45, 2.75) is 31.7 Å². The van der Waals surface area contributed by atoms with Crippen molar-refractivity contribution in [3.8, 4) is 0 Å². The molecule has 68 valence electrons. The van der Waals surface area contributed by atoms with Gasteiger partial charge < -0.3 is 0 Å². The maximum Gasteiger partial charge on any atom is 0.133 e. The largest absolute Gasteiger partial charge is 0.300 e. The number of carbonyl (C=O) groups excluding carboxylic acids is 1. The van der Waals surface area contributed by atoms with Crippen LogP contribution in [0.2, 0.25) is 0 Å². The summed E-state index contributed by atoms with van der Waals surface area (Å²) in [5.41, 5.74) is 0. The van der Waals surface area contributed by atoms with Crippen LogP contribution in [0.4, 0.5) is 0 Å². The van der Waals surface area contributed by atoms with Crippen molar-refractivity contribution in [2.24, 2.45) is 0 Å². The van der Waals surface area contributed by atoms with Crippen LogP contribution in [-0.4, -0.2) is 30.3 Å². The van der Waals surface area contributed by atoms with E-state index in [1.165, 1.54) is 0 Å². The molecule has 0 spiro atoms. The second-order valence-electron chi connectivity index (χ2n) is 3.50. The van der Waals surface area contributed by atoms with Gasteiger partial charge in [-0.05, 0) is 19.9 Å². The zero-order valence-electron chi connectivity index (χ0n) is 7.75. The minimum atomic E-state index is 0.429. The van der Waals surface area contributed by atoms with Crippen LogP contribution in [-0.2, 0) is 4.79 Å². The highest BCUT2D eigenvalue weighted by Crippen LogP contribution is 2.18. The van der Waals surface area contributed by atoms with Gasteiger partial charge in [-0.3, -0.25) is 9.69 Å². The molecule has 2 heteroatoms. The smallest absolute Gasteiger partial charge is 0.133 e. The Morgan fingerprint density at radius 1 is 1.58 bits per heavy atom. The van der Waals surface area contributed by atoms with Gasteiger partial charge in [0.05, 0.1) is 0 Å².